The number of cyclic esters (lactones) is 2. The lowest BCUT2D eigenvalue weighted by molar-refractivity contribution is -0.154. The van der Waals surface area contributed by atoms with Crippen molar-refractivity contribution in [1.82, 2.24) is 0 Å². The summed E-state index contributed by atoms with van der Waals surface area (Å²) in [6, 6.07) is 0. The highest BCUT2D eigenvalue weighted by Crippen LogP contribution is 2.43. The highest BCUT2D eigenvalue weighted by atomic mass is 16.6. The molecule has 3 N–H and O–H groups in total. The average Bonchev–Trinajstić information content (AvgIpc) is 2.68. The number of carboxylic acid groups (broad SMARTS) is 1. The van der Waals surface area contributed by atoms with Crippen LogP contribution in [0.5, 0.6) is 0 Å². The summed E-state index contributed by atoms with van der Waals surface area (Å²) in [4.78, 5) is 47.3. The molecule has 0 aromatic rings. The van der Waals surface area contributed by atoms with Gasteiger partial charge in [-0.05, 0) is 30.1 Å². The Labute approximate surface area is 154 Å². The predicted molar refractivity (Wildman–Crippen MR) is 94.7 cm³/mol. The zero-order valence-corrected chi connectivity index (χ0v) is 16.5. The van der Waals surface area contributed by atoms with E-state index < -0.39 is 52.9 Å². The molecule has 0 aliphatic carbocycles. The monoisotopic (exact) mass is 369 g/mol. The minimum absolute atomic E-state index is 0.149. The minimum Gasteiger partial charge on any atom is -0.481 e. The standard InChI is InChI=1S/C19H31NO6/c1-10(15(22)23)11(14(20)21)8-19(5,6)9-13-12(7-18(2,3)4)16(24)26-17(13)25/h10-13H,7-9H2,1-6H3,(H2,20,21)(H,22,23). The van der Waals surface area contributed by atoms with Gasteiger partial charge < -0.3 is 15.6 Å². The van der Waals surface area contributed by atoms with E-state index in [0.29, 0.717) is 12.8 Å². The molecule has 0 aromatic heterocycles. The van der Waals surface area contributed by atoms with Gasteiger partial charge in [0.2, 0.25) is 5.91 Å². The molecule has 4 atom stereocenters. The van der Waals surface area contributed by atoms with E-state index in [2.05, 4.69) is 0 Å². The average molecular weight is 369 g/mol. The van der Waals surface area contributed by atoms with Crippen LogP contribution in [0, 0.1) is 34.5 Å². The molecular weight excluding hydrogens is 338 g/mol. The molecule has 0 spiro atoms. The lowest BCUT2D eigenvalue weighted by atomic mass is 9.69. The fourth-order valence-electron chi connectivity index (χ4n) is 3.66. The second-order valence-electron chi connectivity index (χ2n) is 9.43. The molecule has 7 nitrogen and oxygen atoms in total. The molecule has 7 heteroatoms. The molecule has 0 aromatic carbocycles. The van der Waals surface area contributed by atoms with Crippen LogP contribution in [-0.2, 0) is 23.9 Å². The third kappa shape index (κ3) is 5.81. The van der Waals surface area contributed by atoms with Crippen LogP contribution in [-0.4, -0.2) is 28.9 Å². The van der Waals surface area contributed by atoms with Crippen LogP contribution in [0.4, 0.5) is 0 Å². The lowest BCUT2D eigenvalue weighted by Crippen LogP contribution is -2.37. The number of hydrogen-bond acceptors (Lipinski definition) is 5. The number of ether oxygens (including phenoxy) is 1. The first-order valence-corrected chi connectivity index (χ1v) is 8.92. The molecule has 1 amide bonds. The van der Waals surface area contributed by atoms with E-state index in [1.54, 1.807) is 0 Å². The van der Waals surface area contributed by atoms with Gasteiger partial charge in [0.05, 0.1) is 23.7 Å². The third-order valence-corrected chi connectivity index (χ3v) is 5.03. The summed E-state index contributed by atoms with van der Waals surface area (Å²) in [5.41, 5.74) is 4.69. The maximum atomic E-state index is 12.2. The first-order valence-electron chi connectivity index (χ1n) is 8.92. The maximum Gasteiger partial charge on any atom is 0.317 e. The van der Waals surface area contributed by atoms with Gasteiger partial charge >= 0.3 is 17.9 Å². The summed E-state index contributed by atoms with van der Waals surface area (Å²) in [7, 11) is 0. The third-order valence-electron chi connectivity index (χ3n) is 5.03. The summed E-state index contributed by atoms with van der Waals surface area (Å²) >= 11 is 0. The first-order chi connectivity index (χ1) is 11.6. The fraction of sp³-hybridized carbons (Fsp3) is 0.789. The Morgan fingerprint density at radius 3 is 1.92 bits per heavy atom. The molecule has 148 valence electrons. The van der Waals surface area contributed by atoms with Crippen molar-refractivity contribution in [3.05, 3.63) is 0 Å². The van der Waals surface area contributed by atoms with E-state index in [1.807, 2.05) is 34.6 Å². The molecule has 26 heavy (non-hydrogen) atoms. The van der Waals surface area contributed by atoms with E-state index in [-0.39, 0.29) is 11.8 Å². The zero-order chi connectivity index (χ0) is 20.4. The number of rotatable bonds is 8. The summed E-state index contributed by atoms with van der Waals surface area (Å²) in [6.45, 7) is 11.1. The van der Waals surface area contributed by atoms with Gasteiger partial charge in [-0.3, -0.25) is 19.2 Å². The number of esters is 2. The Kier molecular flexibility index (Phi) is 6.60. The van der Waals surface area contributed by atoms with E-state index in [1.165, 1.54) is 6.92 Å². The Balaban J connectivity index is 2.97. The molecule has 0 radical (unpaired) electrons. The van der Waals surface area contributed by atoms with Crippen LogP contribution in [0.15, 0.2) is 0 Å². The van der Waals surface area contributed by atoms with Gasteiger partial charge in [-0.25, -0.2) is 0 Å². The van der Waals surface area contributed by atoms with Crippen molar-refractivity contribution in [2.45, 2.75) is 60.8 Å². The molecule has 0 bridgehead atoms. The number of primary amides is 1. The fourth-order valence-corrected chi connectivity index (χ4v) is 3.66. The second kappa shape index (κ2) is 7.76. The number of aliphatic carboxylic acids is 1. The number of carbonyl (C=O) groups excluding carboxylic acids is 3. The molecule has 4 unspecified atom stereocenters. The van der Waals surface area contributed by atoms with Gasteiger partial charge in [-0.2, -0.15) is 0 Å². The van der Waals surface area contributed by atoms with Gasteiger partial charge in [0.15, 0.2) is 0 Å². The highest BCUT2D eigenvalue weighted by molar-refractivity contribution is 5.96. The topological polar surface area (TPSA) is 124 Å². The van der Waals surface area contributed by atoms with E-state index in [9.17, 15) is 24.3 Å². The molecule has 1 aliphatic rings. The molecule has 1 rings (SSSR count). The molecule has 1 aliphatic heterocycles. The van der Waals surface area contributed by atoms with Crippen molar-refractivity contribution < 1.29 is 29.0 Å². The Morgan fingerprint density at radius 2 is 1.54 bits per heavy atom. The van der Waals surface area contributed by atoms with Crippen molar-refractivity contribution in [1.29, 1.82) is 0 Å². The molecule has 0 saturated carbocycles. The Bertz CT molecular complexity index is 589. The van der Waals surface area contributed by atoms with E-state index in [0.717, 1.165) is 0 Å². The van der Waals surface area contributed by atoms with Crippen LogP contribution in [0.2, 0.25) is 0 Å². The van der Waals surface area contributed by atoms with E-state index >= 15 is 0 Å². The van der Waals surface area contributed by atoms with Crippen LogP contribution in [0.25, 0.3) is 0 Å². The van der Waals surface area contributed by atoms with Crippen molar-refractivity contribution in [2.75, 3.05) is 0 Å². The van der Waals surface area contributed by atoms with Crippen molar-refractivity contribution in [3.63, 3.8) is 0 Å². The molecular formula is C19H31NO6. The van der Waals surface area contributed by atoms with Crippen LogP contribution >= 0.6 is 0 Å². The zero-order valence-electron chi connectivity index (χ0n) is 16.5. The summed E-state index contributed by atoms with van der Waals surface area (Å²) in [6.07, 6.45) is 1.06. The van der Waals surface area contributed by atoms with Crippen molar-refractivity contribution in [3.8, 4) is 0 Å². The van der Waals surface area contributed by atoms with E-state index in [4.69, 9.17) is 10.5 Å². The van der Waals surface area contributed by atoms with Gasteiger partial charge in [0, 0.05) is 0 Å². The van der Waals surface area contributed by atoms with Gasteiger partial charge in [0.1, 0.15) is 0 Å². The number of carboxylic acids is 1. The summed E-state index contributed by atoms with van der Waals surface area (Å²) in [5.74, 6) is -5.70. The van der Waals surface area contributed by atoms with Crippen LogP contribution in [0.1, 0.15) is 60.8 Å². The number of hydrogen-bond donors (Lipinski definition) is 2. The Hall–Kier alpha value is -1.92. The molecule has 1 fully saturated rings. The number of amides is 1. The van der Waals surface area contributed by atoms with Gasteiger partial charge in [-0.15, -0.1) is 0 Å². The summed E-state index contributed by atoms with van der Waals surface area (Å²) in [5, 5.41) is 9.20. The van der Waals surface area contributed by atoms with Crippen LogP contribution in [0.3, 0.4) is 0 Å². The highest BCUT2D eigenvalue weighted by Gasteiger charge is 2.48. The summed E-state index contributed by atoms with van der Waals surface area (Å²) < 4.78 is 4.85. The molecule has 1 heterocycles. The van der Waals surface area contributed by atoms with Crippen LogP contribution < -0.4 is 5.73 Å². The quantitative estimate of drug-likeness (QED) is 0.500. The smallest absolute Gasteiger partial charge is 0.317 e. The number of nitrogens with two attached hydrogens (primary N) is 1. The maximum absolute atomic E-state index is 12.2. The SMILES string of the molecule is CC(C(=O)O)C(CC(C)(C)CC1C(=O)OC(=O)C1CC(C)(C)C)C(N)=O. The lowest BCUT2D eigenvalue weighted by Gasteiger charge is -2.33. The Morgan fingerprint density at radius 1 is 1.08 bits per heavy atom. The second-order valence-corrected chi connectivity index (χ2v) is 9.43. The van der Waals surface area contributed by atoms with Gasteiger partial charge in [0.25, 0.3) is 0 Å². The molecule has 1 saturated heterocycles. The van der Waals surface area contributed by atoms with Crippen molar-refractivity contribution in [2.24, 2.45) is 40.2 Å². The predicted octanol–water partition coefficient (Wildman–Crippen LogP) is 2.37. The largest absolute Gasteiger partial charge is 0.481 e. The van der Waals surface area contributed by atoms with Crippen molar-refractivity contribution >= 4 is 23.8 Å². The minimum atomic E-state index is -1.09. The normalized spacial score (nSPS) is 23.5. The number of carbonyl (C=O) groups is 4. The first kappa shape index (κ1) is 22.1. The van der Waals surface area contributed by atoms with Gasteiger partial charge in [-0.1, -0.05) is 41.5 Å².